The molecule has 0 fully saturated rings. The molecule has 4 heteroatoms. The van der Waals surface area contributed by atoms with Crippen LogP contribution >= 0.6 is 27.3 Å². The Morgan fingerprint density at radius 3 is 2.75 bits per heavy atom. The molecule has 1 unspecified atom stereocenters. The number of aldehydes is 1. The van der Waals surface area contributed by atoms with E-state index in [2.05, 4.69) is 46.2 Å². The maximum Gasteiger partial charge on any atom is 0.127 e. The highest BCUT2D eigenvalue weighted by atomic mass is 79.9. The van der Waals surface area contributed by atoms with Gasteiger partial charge in [-0.2, -0.15) is 0 Å². The van der Waals surface area contributed by atoms with Crippen LogP contribution in [0.15, 0.2) is 15.9 Å². The van der Waals surface area contributed by atoms with Crippen molar-refractivity contribution in [2.24, 2.45) is 5.41 Å². The molecule has 0 aliphatic rings. The maximum absolute atomic E-state index is 11.0. The van der Waals surface area contributed by atoms with E-state index in [-0.39, 0.29) is 5.41 Å². The zero-order chi connectivity index (χ0) is 12.2. The Balaban J connectivity index is 2.53. The Morgan fingerprint density at radius 1 is 1.62 bits per heavy atom. The molecule has 0 saturated carbocycles. The van der Waals surface area contributed by atoms with E-state index in [0.717, 1.165) is 30.3 Å². The SMILES string of the molecule is CCC(C)(C=O)CN(C)Cc1cc(Br)cs1. The molecule has 0 amide bonds. The van der Waals surface area contributed by atoms with E-state index in [1.807, 2.05) is 6.92 Å². The Hall–Kier alpha value is -0.190. The smallest absolute Gasteiger partial charge is 0.127 e. The zero-order valence-electron chi connectivity index (χ0n) is 10.00. The highest BCUT2D eigenvalue weighted by Crippen LogP contribution is 2.23. The molecule has 0 spiro atoms. The van der Waals surface area contributed by atoms with E-state index in [1.165, 1.54) is 4.88 Å². The molecule has 1 aromatic heterocycles. The minimum atomic E-state index is -0.219. The fraction of sp³-hybridized carbons (Fsp3) is 0.583. The van der Waals surface area contributed by atoms with Gasteiger partial charge in [0.25, 0.3) is 0 Å². The number of thiophene rings is 1. The molecule has 1 heterocycles. The molecule has 0 N–H and O–H groups in total. The van der Waals surface area contributed by atoms with Gasteiger partial charge in [0.2, 0.25) is 0 Å². The topological polar surface area (TPSA) is 20.3 Å². The third-order valence-electron chi connectivity index (χ3n) is 2.77. The summed E-state index contributed by atoms with van der Waals surface area (Å²) in [6.07, 6.45) is 1.96. The van der Waals surface area contributed by atoms with Crippen molar-refractivity contribution < 1.29 is 4.79 Å². The molecule has 0 radical (unpaired) electrons. The number of hydrogen-bond donors (Lipinski definition) is 0. The average molecular weight is 304 g/mol. The first-order valence-corrected chi connectivity index (χ1v) is 7.04. The van der Waals surface area contributed by atoms with Crippen LogP contribution in [-0.2, 0) is 11.3 Å². The lowest BCUT2D eigenvalue weighted by molar-refractivity contribution is -0.116. The van der Waals surface area contributed by atoms with E-state index in [9.17, 15) is 4.79 Å². The van der Waals surface area contributed by atoms with Crippen LogP contribution in [0.25, 0.3) is 0 Å². The van der Waals surface area contributed by atoms with Crippen molar-refractivity contribution in [3.8, 4) is 0 Å². The van der Waals surface area contributed by atoms with Gasteiger partial charge in [-0.15, -0.1) is 11.3 Å². The lowest BCUT2D eigenvalue weighted by atomic mass is 9.89. The summed E-state index contributed by atoms with van der Waals surface area (Å²) in [6, 6.07) is 2.13. The minimum absolute atomic E-state index is 0.219. The van der Waals surface area contributed by atoms with Crippen molar-refractivity contribution in [1.82, 2.24) is 4.90 Å². The fourth-order valence-corrected chi connectivity index (χ4v) is 3.14. The molecule has 1 aromatic rings. The molecule has 2 nitrogen and oxygen atoms in total. The summed E-state index contributed by atoms with van der Waals surface area (Å²) in [5.41, 5.74) is -0.219. The second-order valence-electron chi connectivity index (χ2n) is 4.53. The number of nitrogens with zero attached hydrogens (tertiary/aromatic N) is 1. The number of carbonyl (C=O) groups is 1. The van der Waals surface area contributed by atoms with Crippen LogP contribution in [0, 0.1) is 5.41 Å². The van der Waals surface area contributed by atoms with Crippen LogP contribution in [-0.4, -0.2) is 24.8 Å². The number of rotatable bonds is 6. The largest absolute Gasteiger partial charge is 0.303 e. The summed E-state index contributed by atoms with van der Waals surface area (Å²) in [6.45, 7) is 5.78. The minimum Gasteiger partial charge on any atom is -0.303 e. The summed E-state index contributed by atoms with van der Waals surface area (Å²) in [5.74, 6) is 0. The number of halogens is 1. The van der Waals surface area contributed by atoms with Crippen molar-refractivity contribution in [3.05, 3.63) is 20.8 Å². The van der Waals surface area contributed by atoms with E-state index >= 15 is 0 Å². The normalized spacial score (nSPS) is 15.1. The quantitative estimate of drug-likeness (QED) is 0.749. The van der Waals surface area contributed by atoms with Crippen LogP contribution in [0.2, 0.25) is 0 Å². The predicted octanol–water partition coefficient (Wildman–Crippen LogP) is 3.56. The number of carbonyl (C=O) groups excluding carboxylic acids is 1. The van der Waals surface area contributed by atoms with Crippen molar-refractivity contribution >= 4 is 33.6 Å². The number of hydrogen-bond acceptors (Lipinski definition) is 3. The monoisotopic (exact) mass is 303 g/mol. The first-order valence-electron chi connectivity index (χ1n) is 5.37. The van der Waals surface area contributed by atoms with Crippen LogP contribution in [0.1, 0.15) is 25.1 Å². The first-order chi connectivity index (χ1) is 7.49. The van der Waals surface area contributed by atoms with Gasteiger partial charge in [-0.3, -0.25) is 0 Å². The second-order valence-corrected chi connectivity index (χ2v) is 6.44. The lowest BCUT2D eigenvalue weighted by Gasteiger charge is -2.27. The van der Waals surface area contributed by atoms with Gasteiger partial charge in [0.15, 0.2) is 0 Å². The Bertz CT molecular complexity index is 353. The lowest BCUT2D eigenvalue weighted by Crippen LogP contribution is -2.33. The van der Waals surface area contributed by atoms with Crippen LogP contribution < -0.4 is 0 Å². The van der Waals surface area contributed by atoms with Gasteiger partial charge in [0.05, 0.1) is 0 Å². The standard InChI is InChI=1S/C12H18BrNOS/c1-4-12(2,9-15)8-14(3)6-11-5-10(13)7-16-11/h5,7,9H,4,6,8H2,1-3H3. The second kappa shape index (κ2) is 5.94. The van der Waals surface area contributed by atoms with E-state index in [0.29, 0.717) is 0 Å². The zero-order valence-corrected chi connectivity index (χ0v) is 12.4. The molecule has 0 aromatic carbocycles. The van der Waals surface area contributed by atoms with Crippen molar-refractivity contribution in [2.75, 3.05) is 13.6 Å². The van der Waals surface area contributed by atoms with Gasteiger partial charge >= 0.3 is 0 Å². The molecule has 16 heavy (non-hydrogen) atoms. The maximum atomic E-state index is 11.0. The average Bonchev–Trinajstić information content (AvgIpc) is 2.63. The highest BCUT2D eigenvalue weighted by molar-refractivity contribution is 9.10. The molecule has 1 rings (SSSR count). The fourth-order valence-electron chi connectivity index (χ4n) is 1.61. The Kier molecular flexibility index (Phi) is 5.15. The highest BCUT2D eigenvalue weighted by Gasteiger charge is 2.23. The molecular formula is C12H18BrNOS. The molecule has 90 valence electrons. The summed E-state index contributed by atoms with van der Waals surface area (Å²) in [4.78, 5) is 14.5. The van der Waals surface area contributed by atoms with E-state index in [4.69, 9.17) is 0 Å². The van der Waals surface area contributed by atoms with Crippen LogP contribution in [0.4, 0.5) is 0 Å². The third-order valence-corrected chi connectivity index (χ3v) is 4.45. The summed E-state index contributed by atoms with van der Waals surface area (Å²) in [7, 11) is 2.06. The predicted molar refractivity (Wildman–Crippen MR) is 72.8 cm³/mol. The van der Waals surface area contributed by atoms with Gasteiger partial charge in [-0.1, -0.05) is 13.8 Å². The molecule has 1 atom stereocenters. The van der Waals surface area contributed by atoms with Gasteiger partial charge in [-0.25, -0.2) is 0 Å². The van der Waals surface area contributed by atoms with Crippen molar-refractivity contribution in [2.45, 2.75) is 26.8 Å². The summed E-state index contributed by atoms with van der Waals surface area (Å²) in [5, 5.41) is 2.09. The van der Waals surface area contributed by atoms with Gasteiger partial charge < -0.3 is 9.69 Å². The van der Waals surface area contributed by atoms with Gasteiger partial charge in [-0.05, 0) is 35.5 Å². The molecule has 0 saturated heterocycles. The summed E-state index contributed by atoms with van der Waals surface area (Å²) < 4.78 is 1.13. The Morgan fingerprint density at radius 2 is 2.31 bits per heavy atom. The third kappa shape index (κ3) is 4.00. The van der Waals surface area contributed by atoms with Crippen molar-refractivity contribution in [1.29, 1.82) is 0 Å². The molecule has 0 aliphatic heterocycles. The van der Waals surface area contributed by atoms with Gasteiger partial charge in [0.1, 0.15) is 6.29 Å². The first kappa shape index (κ1) is 13.9. The molecule has 0 bridgehead atoms. The van der Waals surface area contributed by atoms with Crippen LogP contribution in [0.3, 0.4) is 0 Å². The van der Waals surface area contributed by atoms with E-state index in [1.54, 1.807) is 11.3 Å². The molecular weight excluding hydrogens is 286 g/mol. The van der Waals surface area contributed by atoms with Crippen LogP contribution in [0.5, 0.6) is 0 Å². The van der Waals surface area contributed by atoms with E-state index < -0.39 is 0 Å². The van der Waals surface area contributed by atoms with Gasteiger partial charge in [0, 0.05) is 33.2 Å². The Labute approximate surface area is 110 Å². The summed E-state index contributed by atoms with van der Waals surface area (Å²) >= 11 is 5.19. The molecule has 0 aliphatic carbocycles. The van der Waals surface area contributed by atoms with Crippen molar-refractivity contribution in [3.63, 3.8) is 0 Å².